The van der Waals surface area contributed by atoms with Gasteiger partial charge in [0.2, 0.25) is 0 Å². The van der Waals surface area contributed by atoms with Gasteiger partial charge < -0.3 is 10.4 Å². The van der Waals surface area contributed by atoms with Crippen LogP contribution in [0.15, 0.2) is 18.2 Å². The predicted octanol–water partition coefficient (Wildman–Crippen LogP) is 2.52. The fraction of sp³-hybridized carbons (Fsp3) is 0.562. The molecule has 1 saturated carbocycles. The van der Waals surface area contributed by atoms with Crippen LogP contribution in [-0.4, -0.2) is 17.6 Å². The Morgan fingerprint density at radius 3 is 2.63 bits per heavy atom. The largest absolute Gasteiger partial charge is 0.481 e. The molecular weight excluding hydrogens is 238 g/mol. The molecule has 0 unspecified atom stereocenters. The monoisotopic (exact) mass is 259 g/mol. The smallest absolute Gasteiger partial charge is 0.310 e. The van der Waals surface area contributed by atoms with Crippen LogP contribution in [0.3, 0.4) is 0 Å². The lowest BCUT2D eigenvalue weighted by molar-refractivity contribution is -0.143. The van der Waals surface area contributed by atoms with Crippen LogP contribution in [0.1, 0.15) is 42.4 Å². The number of aryl methyl sites for hydroxylation is 2. The van der Waals surface area contributed by atoms with Crippen LogP contribution in [0.2, 0.25) is 0 Å². The third-order valence-electron chi connectivity index (χ3n) is 4.51. The first kappa shape index (κ1) is 12.7. The summed E-state index contributed by atoms with van der Waals surface area (Å²) in [7, 11) is 0. The van der Waals surface area contributed by atoms with Crippen molar-refractivity contribution in [3.8, 4) is 0 Å². The minimum absolute atomic E-state index is 0.464. The average molecular weight is 259 g/mol. The summed E-state index contributed by atoms with van der Waals surface area (Å²) in [5, 5.41) is 12.4. The fourth-order valence-corrected chi connectivity index (χ4v) is 2.96. The topological polar surface area (TPSA) is 49.3 Å². The highest BCUT2D eigenvalue weighted by molar-refractivity contribution is 5.78. The first-order valence-corrected chi connectivity index (χ1v) is 7.24. The molecule has 1 aromatic carbocycles. The van der Waals surface area contributed by atoms with Crippen LogP contribution >= 0.6 is 0 Å². The number of carbonyl (C=O) groups is 1. The van der Waals surface area contributed by atoms with Gasteiger partial charge in [0.25, 0.3) is 0 Å². The molecule has 0 heterocycles. The van der Waals surface area contributed by atoms with Crippen LogP contribution in [0.25, 0.3) is 0 Å². The maximum Gasteiger partial charge on any atom is 0.310 e. The molecular formula is C16H21NO2. The van der Waals surface area contributed by atoms with Gasteiger partial charge in [0.1, 0.15) is 0 Å². The van der Waals surface area contributed by atoms with Gasteiger partial charge in [-0.05, 0) is 55.2 Å². The second-order valence-corrected chi connectivity index (χ2v) is 6.00. The van der Waals surface area contributed by atoms with Crippen molar-refractivity contribution in [1.29, 1.82) is 0 Å². The molecule has 3 nitrogen and oxygen atoms in total. The molecule has 0 atom stereocenters. The first-order chi connectivity index (χ1) is 9.20. The third-order valence-corrected chi connectivity index (χ3v) is 4.51. The number of nitrogens with one attached hydrogen (secondary N) is 1. The van der Waals surface area contributed by atoms with Crippen LogP contribution in [-0.2, 0) is 24.2 Å². The maximum absolute atomic E-state index is 11.1. The first-order valence-electron chi connectivity index (χ1n) is 7.24. The highest BCUT2D eigenvalue weighted by Crippen LogP contribution is 2.45. The quantitative estimate of drug-likeness (QED) is 0.854. The minimum Gasteiger partial charge on any atom is -0.481 e. The molecule has 1 fully saturated rings. The Hall–Kier alpha value is -1.35. The van der Waals surface area contributed by atoms with E-state index in [0.717, 1.165) is 19.4 Å². The van der Waals surface area contributed by atoms with Crippen molar-refractivity contribution in [2.45, 2.75) is 45.1 Å². The van der Waals surface area contributed by atoms with Crippen LogP contribution in [0.4, 0.5) is 0 Å². The zero-order chi connectivity index (χ0) is 13.3. The summed E-state index contributed by atoms with van der Waals surface area (Å²) in [5.74, 6) is -0.648. The molecule has 0 bridgehead atoms. The van der Waals surface area contributed by atoms with Gasteiger partial charge in [0.15, 0.2) is 0 Å². The van der Waals surface area contributed by atoms with Gasteiger partial charge in [-0.2, -0.15) is 0 Å². The fourth-order valence-electron chi connectivity index (χ4n) is 2.96. The highest BCUT2D eigenvalue weighted by Gasteiger charge is 2.49. The summed E-state index contributed by atoms with van der Waals surface area (Å²) in [6.45, 7) is 1.38. The van der Waals surface area contributed by atoms with E-state index in [1.165, 1.54) is 42.4 Å². The van der Waals surface area contributed by atoms with Crippen molar-refractivity contribution < 1.29 is 9.90 Å². The van der Waals surface area contributed by atoms with Gasteiger partial charge in [0, 0.05) is 13.1 Å². The summed E-state index contributed by atoms with van der Waals surface area (Å²) in [6, 6.07) is 6.72. The van der Waals surface area contributed by atoms with Gasteiger partial charge in [-0.15, -0.1) is 0 Å². The molecule has 2 N–H and O–H groups in total. The summed E-state index contributed by atoms with van der Waals surface area (Å²) >= 11 is 0. The Labute approximate surface area is 114 Å². The Morgan fingerprint density at radius 2 is 1.95 bits per heavy atom. The van der Waals surface area contributed by atoms with Gasteiger partial charge >= 0.3 is 5.97 Å². The summed E-state index contributed by atoms with van der Waals surface area (Å²) in [5.41, 5.74) is 3.81. The van der Waals surface area contributed by atoms with E-state index < -0.39 is 11.4 Å². The maximum atomic E-state index is 11.1. The number of hydrogen-bond acceptors (Lipinski definition) is 2. The van der Waals surface area contributed by atoms with E-state index in [0.29, 0.717) is 6.54 Å². The predicted molar refractivity (Wildman–Crippen MR) is 74.1 cm³/mol. The number of hydrogen-bond donors (Lipinski definition) is 2. The molecule has 3 rings (SSSR count). The van der Waals surface area contributed by atoms with E-state index >= 15 is 0 Å². The van der Waals surface area contributed by atoms with E-state index in [1.807, 2.05) is 0 Å². The lowest BCUT2D eigenvalue weighted by Crippen LogP contribution is -2.29. The van der Waals surface area contributed by atoms with E-state index in [2.05, 4.69) is 23.5 Å². The van der Waals surface area contributed by atoms with Gasteiger partial charge in [-0.1, -0.05) is 18.2 Å². The molecule has 0 aliphatic heterocycles. The Kier molecular flexibility index (Phi) is 3.31. The molecule has 0 saturated heterocycles. The number of carboxylic acid groups (broad SMARTS) is 1. The average Bonchev–Trinajstić information content (AvgIpc) is 3.20. The van der Waals surface area contributed by atoms with Crippen molar-refractivity contribution in [3.63, 3.8) is 0 Å². The van der Waals surface area contributed by atoms with E-state index in [9.17, 15) is 4.79 Å². The Balaban J connectivity index is 1.57. The van der Waals surface area contributed by atoms with Crippen molar-refractivity contribution in [2.75, 3.05) is 6.54 Å². The minimum atomic E-state index is -0.648. The van der Waals surface area contributed by atoms with Crippen LogP contribution in [0, 0.1) is 5.41 Å². The SMILES string of the molecule is O=C(O)C1(CNCc2ccc3c(c2)CCCC3)CC1. The van der Waals surface area contributed by atoms with Gasteiger partial charge in [-0.3, -0.25) is 4.79 Å². The molecule has 0 spiro atoms. The lowest BCUT2D eigenvalue weighted by atomic mass is 9.90. The zero-order valence-electron chi connectivity index (χ0n) is 11.2. The lowest BCUT2D eigenvalue weighted by Gasteiger charge is -2.17. The standard InChI is InChI=1S/C16H21NO2/c18-15(19)16(7-8-16)11-17-10-12-5-6-13-3-1-2-4-14(13)9-12/h5-6,9,17H,1-4,7-8,10-11H2,(H,18,19). The molecule has 3 heteroatoms. The molecule has 2 aliphatic carbocycles. The molecule has 2 aliphatic rings. The highest BCUT2D eigenvalue weighted by atomic mass is 16.4. The molecule has 1 aromatic rings. The molecule has 0 aromatic heterocycles. The Bertz CT molecular complexity index is 492. The van der Waals surface area contributed by atoms with Gasteiger partial charge in [-0.25, -0.2) is 0 Å². The normalized spacial score (nSPS) is 19.8. The molecule has 0 amide bonds. The summed E-state index contributed by atoms with van der Waals surface area (Å²) < 4.78 is 0. The summed E-state index contributed by atoms with van der Waals surface area (Å²) in [6.07, 6.45) is 6.66. The van der Waals surface area contributed by atoms with Crippen LogP contribution < -0.4 is 5.32 Å². The van der Waals surface area contributed by atoms with E-state index in [-0.39, 0.29) is 0 Å². The van der Waals surface area contributed by atoms with Crippen molar-refractivity contribution in [2.24, 2.45) is 5.41 Å². The number of fused-ring (bicyclic) bond motifs is 1. The number of benzene rings is 1. The van der Waals surface area contributed by atoms with Crippen LogP contribution in [0.5, 0.6) is 0 Å². The number of aliphatic carboxylic acids is 1. The Morgan fingerprint density at radius 1 is 1.21 bits per heavy atom. The summed E-state index contributed by atoms with van der Waals surface area (Å²) in [4.78, 5) is 11.1. The molecule has 0 radical (unpaired) electrons. The second-order valence-electron chi connectivity index (χ2n) is 6.00. The van der Waals surface area contributed by atoms with Gasteiger partial charge in [0.05, 0.1) is 5.41 Å². The molecule has 19 heavy (non-hydrogen) atoms. The number of rotatable bonds is 5. The zero-order valence-corrected chi connectivity index (χ0v) is 11.2. The van der Waals surface area contributed by atoms with Crippen molar-refractivity contribution in [3.05, 3.63) is 34.9 Å². The van der Waals surface area contributed by atoms with E-state index in [4.69, 9.17) is 5.11 Å². The van der Waals surface area contributed by atoms with E-state index in [1.54, 1.807) is 0 Å². The van der Waals surface area contributed by atoms with Crippen molar-refractivity contribution >= 4 is 5.97 Å². The third kappa shape index (κ3) is 2.66. The number of carboxylic acids is 1. The second kappa shape index (κ2) is 4.97. The molecule has 102 valence electrons. The van der Waals surface area contributed by atoms with Crippen molar-refractivity contribution in [1.82, 2.24) is 5.32 Å².